The van der Waals surface area contributed by atoms with Crippen molar-refractivity contribution in [3.8, 4) is 23.0 Å². The van der Waals surface area contributed by atoms with E-state index in [4.69, 9.17) is 0 Å². The Morgan fingerprint density at radius 3 is 2.34 bits per heavy atom. The van der Waals surface area contributed by atoms with Gasteiger partial charge in [-0.3, -0.25) is 9.78 Å². The number of allylic oxidation sites excluding steroid dienone is 1. The number of ketones is 1. The monoisotopic (exact) mass is 376 g/mol. The molecule has 0 atom stereocenters. The van der Waals surface area contributed by atoms with E-state index in [1.807, 2.05) is 60.8 Å². The van der Waals surface area contributed by atoms with Gasteiger partial charge >= 0.3 is 0 Å². The van der Waals surface area contributed by atoms with Crippen LogP contribution in [-0.4, -0.2) is 20.5 Å². The number of hydrogen-bond donors (Lipinski definition) is 0. The van der Waals surface area contributed by atoms with Gasteiger partial charge in [-0.2, -0.15) is 10.4 Å². The summed E-state index contributed by atoms with van der Waals surface area (Å²) in [6.45, 7) is 0. The molecule has 0 spiro atoms. The van der Waals surface area contributed by atoms with E-state index in [2.05, 4.69) is 10.1 Å². The van der Waals surface area contributed by atoms with Crippen molar-refractivity contribution in [2.24, 2.45) is 0 Å². The molecule has 0 aliphatic rings. The molecule has 0 fully saturated rings. The molecule has 0 aliphatic heterocycles. The fraction of sp³-hybridized carbons (Fsp3) is 0. The Bertz CT molecular complexity index is 1200. The second-order valence-electron chi connectivity index (χ2n) is 6.32. The third kappa shape index (κ3) is 3.87. The lowest BCUT2D eigenvalue weighted by Crippen LogP contribution is -2.01. The average molecular weight is 376 g/mol. The Balaban J connectivity index is 1.83. The lowest BCUT2D eigenvalue weighted by molar-refractivity contribution is 0.104. The molecule has 2 heterocycles. The molecule has 0 saturated heterocycles. The van der Waals surface area contributed by atoms with Crippen LogP contribution in [0.2, 0.25) is 0 Å². The molecule has 4 aromatic rings. The normalized spacial score (nSPS) is 11.1. The van der Waals surface area contributed by atoms with Crippen LogP contribution in [0, 0.1) is 11.3 Å². The lowest BCUT2D eigenvalue weighted by atomic mass is 10.0. The molecular weight excluding hydrogens is 360 g/mol. The van der Waals surface area contributed by atoms with E-state index in [-0.39, 0.29) is 11.4 Å². The van der Waals surface area contributed by atoms with Gasteiger partial charge in [0.25, 0.3) is 0 Å². The van der Waals surface area contributed by atoms with E-state index in [0.29, 0.717) is 16.8 Å². The molecule has 5 heteroatoms. The van der Waals surface area contributed by atoms with E-state index in [1.54, 1.807) is 47.4 Å². The number of benzene rings is 2. The van der Waals surface area contributed by atoms with Crippen molar-refractivity contribution >= 4 is 11.9 Å². The van der Waals surface area contributed by atoms with Gasteiger partial charge in [-0.25, -0.2) is 4.68 Å². The summed E-state index contributed by atoms with van der Waals surface area (Å²) < 4.78 is 1.73. The van der Waals surface area contributed by atoms with Crippen molar-refractivity contribution in [2.75, 3.05) is 0 Å². The fourth-order valence-corrected chi connectivity index (χ4v) is 2.98. The van der Waals surface area contributed by atoms with Gasteiger partial charge in [0.05, 0.1) is 5.69 Å². The number of aromatic nitrogens is 3. The van der Waals surface area contributed by atoms with Crippen LogP contribution in [0.15, 0.2) is 97.0 Å². The fourth-order valence-electron chi connectivity index (χ4n) is 2.98. The van der Waals surface area contributed by atoms with E-state index in [0.717, 1.165) is 11.3 Å². The highest BCUT2D eigenvalue weighted by Gasteiger charge is 2.16. The van der Waals surface area contributed by atoms with Crippen molar-refractivity contribution < 1.29 is 4.79 Å². The number of carbonyl (C=O) groups excluding carboxylic acids is 1. The van der Waals surface area contributed by atoms with Gasteiger partial charge in [0.1, 0.15) is 17.3 Å². The highest BCUT2D eigenvalue weighted by molar-refractivity contribution is 6.14. The summed E-state index contributed by atoms with van der Waals surface area (Å²) >= 11 is 0. The second-order valence-corrected chi connectivity index (χ2v) is 6.32. The minimum absolute atomic E-state index is 0.0500. The third-order valence-corrected chi connectivity index (χ3v) is 4.40. The maximum atomic E-state index is 12.8. The number of para-hydroxylation sites is 1. The molecule has 0 N–H and O–H groups in total. The summed E-state index contributed by atoms with van der Waals surface area (Å²) in [5.41, 5.74) is 3.52. The standard InChI is InChI=1S/C24H16N4O/c25-15-20(24(29)18-8-3-1-4-9-18)14-21-17-28(22-11-5-2-6-12-22)27-23(21)19-10-7-13-26-16-19/h1-14,16-17H/b20-14-. The van der Waals surface area contributed by atoms with Crippen molar-refractivity contribution in [3.05, 3.63) is 108 Å². The quantitative estimate of drug-likeness (QED) is 0.287. The summed E-state index contributed by atoms with van der Waals surface area (Å²) in [6.07, 6.45) is 6.80. The second kappa shape index (κ2) is 8.15. The molecule has 0 bridgehead atoms. The van der Waals surface area contributed by atoms with Gasteiger partial charge in [-0.1, -0.05) is 48.5 Å². The summed E-state index contributed by atoms with van der Waals surface area (Å²) in [4.78, 5) is 16.9. The summed E-state index contributed by atoms with van der Waals surface area (Å²) in [6, 6.07) is 24.2. The molecular formula is C24H16N4O. The number of Topliss-reactive ketones (excluding diaryl/α,β-unsaturated/α-hetero) is 1. The summed E-state index contributed by atoms with van der Waals surface area (Å²) in [5, 5.41) is 14.3. The first-order valence-electron chi connectivity index (χ1n) is 9.03. The van der Waals surface area contributed by atoms with Crippen LogP contribution in [0.3, 0.4) is 0 Å². The minimum atomic E-state index is -0.322. The molecule has 0 amide bonds. The number of pyridine rings is 1. The largest absolute Gasteiger partial charge is 0.288 e. The minimum Gasteiger partial charge on any atom is -0.288 e. The lowest BCUT2D eigenvalue weighted by Gasteiger charge is -2.00. The molecule has 0 saturated carbocycles. The molecule has 2 aromatic carbocycles. The van der Waals surface area contributed by atoms with E-state index < -0.39 is 0 Å². The Hall–Kier alpha value is -4.30. The number of rotatable bonds is 5. The molecule has 0 radical (unpaired) electrons. The molecule has 138 valence electrons. The first kappa shape index (κ1) is 18.1. The van der Waals surface area contributed by atoms with E-state index in [1.165, 1.54) is 0 Å². The van der Waals surface area contributed by atoms with Crippen molar-refractivity contribution in [1.29, 1.82) is 5.26 Å². The summed E-state index contributed by atoms with van der Waals surface area (Å²) in [7, 11) is 0. The van der Waals surface area contributed by atoms with Crippen LogP contribution in [0.25, 0.3) is 23.0 Å². The van der Waals surface area contributed by atoms with Gasteiger partial charge in [-0.15, -0.1) is 0 Å². The number of nitriles is 1. The maximum absolute atomic E-state index is 12.8. The highest BCUT2D eigenvalue weighted by Crippen LogP contribution is 2.25. The van der Waals surface area contributed by atoms with Crippen LogP contribution in [0.1, 0.15) is 15.9 Å². The number of nitrogens with zero attached hydrogens (tertiary/aromatic N) is 4. The molecule has 29 heavy (non-hydrogen) atoms. The van der Waals surface area contributed by atoms with Crippen LogP contribution in [-0.2, 0) is 0 Å². The first-order chi connectivity index (χ1) is 14.3. The van der Waals surface area contributed by atoms with E-state index >= 15 is 0 Å². The zero-order valence-electron chi connectivity index (χ0n) is 15.4. The van der Waals surface area contributed by atoms with Crippen LogP contribution in [0.4, 0.5) is 0 Å². The zero-order chi connectivity index (χ0) is 20.1. The Morgan fingerprint density at radius 2 is 1.69 bits per heavy atom. The summed E-state index contributed by atoms with van der Waals surface area (Å²) in [5.74, 6) is -0.322. The molecule has 0 aliphatic carbocycles. The van der Waals surface area contributed by atoms with Gasteiger partial charge in [0.15, 0.2) is 0 Å². The number of hydrogen-bond acceptors (Lipinski definition) is 4. The van der Waals surface area contributed by atoms with Gasteiger partial charge < -0.3 is 0 Å². The predicted molar refractivity (Wildman–Crippen MR) is 111 cm³/mol. The van der Waals surface area contributed by atoms with Crippen molar-refractivity contribution in [3.63, 3.8) is 0 Å². The smallest absolute Gasteiger partial charge is 0.203 e. The Kier molecular flexibility index (Phi) is 5.08. The van der Waals surface area contributed by atoms with Crippen LogP contribution in [0.5, 0.6) is 0 Å². The molecule has 2 aromatic heterocycles. The maximum Gasteiger partial charge on any atom is 0.203 e. The van der Waals surface area contributed by atoms with E-state index in [9.17, 15) is 10.1 Å². The van der Waals surface area contributed by atoms with Gasteiger partial charge in [0.2, 0.25) is 5.78 Å². The van der Waals surface area contributed by atoms with Crippen molar-refractivity contribution in [2.45, 2.75) is 0 Å². The predicted octanol–water partition coefficient (Wildman–Crippen LogP) is 4.72. The SMILES string of the molecule is N#C/C(=C/c1cn(-c2ccccc2)nc1-c1cccnc1)C(=O)c1ccccc1. The van der Waals surface area contributed by atoms with Crippen LogP contribution < -0.4 is 0 Å². The first-order valence-corrected chi connectivity index (χ1v) is 9.03. The zero-order valence-corrected chi connectivity index (χ0v) is 15.4. The third-order valence-electron chi connectivity index (χ3n) is 4.40. The topological polar surface area (TPSA) is 71.6 Å². The Morgan fingerprint density at radius 1 is 0.966 bits per heavy atom. The molecule has 0 unspecified atom stereocenters. The van der Waals surface area contributed by atoms with Gasteiger partial charge in [-0.05, 0) is 30.3 Å². The Labute approximate surface area is 168 Å². The van der Waals surface area contributed by atoms with Crippen LogP contribution >= 0.6 is 0 Å². The molecule has 4 rings (SSSR count). The van der Waals surface area contributed by atoms with Crippen molar-refractivity contribution in [1.82, 2.24) is 14.8 Å². The molecule has 5 nitrogen and oxygen atoms in total. The van der Waals surface area contributed by atoms with Gasteiger partial charge in [0, 0.05) is 35.3 Å². The average Bonchev–Trinajstić information content (AvgIpc) is 3.23. The number of carbonyl (C=O) groups is 1. The highest BCUT2D eigenvalue weighted by atomic mass is 16.1.